The normalized spacial score (nSPS) is 17.5. The first-order valence-corrected chi connectivity index (χ1v) is 12.1. The summed E-state index contributed by atoms with van der Waals surface area (Å²) >= 11 is 0. The third-order valence-electron chi connectivity index (χ3n) is 7.37. The molecule has 0 radical (unpaired) electrons. The van der Waals surface area contributed by atoms with Crippen LogP contribution in [0.5, 0.6) is 0 Å². The first-order valence-electron chi connectivity index (χ1n) is 12.1. The molecule has 2 heterocycles. The molecule has 0 saturated heterocycles. The number of hydrogen-bond acceptors (Lipinski definition) is 5. The van der Waals surface area contributed by atoms with E-state index in [0.717, 1.165) is 37.9 Å². The van der Waals surface area contributed by atoms with Gasteiger partial charge in [-0.25, -0.2) is 14.4 Å². The second-order valence-electron chi connectivity index (χ2n) is 9.98. The van der Waals surface area contributed by atoms with Gasteiger partial charge in [0.05, 0.1) is 0 Å². The zero-order chi connectivity index (χ0) is 23.9. The molecule has 1 aliphatic heterocycles. The van der Waals surface area contributed by atoms with Crippen LogP contribution in [-0.2, 0) is 5.41 Å². The lowest BCUT2D eigenvalue weighted by Crippen LogP contribution is -2.21. The minimum absolute atomic E-state index is 0.104. The summed E-state index contributed by atoms with van der Waals surface area (Å²) in [6.07, 6.45) is 7.15. The third kappa shape index (κ3) is 4.11. The van der Waals surface area contributed by atoms with Crippen molar-refractivity contribution in [1.82, 2.24) is 9.97 Å². The van der Waals surface area contributed by atoms with Crippen molar-refractivity contribution >= 4 is 17.4 Å². The van der Waals surface area contributed by atoms with Crippen LogP contribution < -0.4 is 4.90 Å². The van der Waals surface area contributed by atoms with Crippen molar-refractivity contribution in [2.75, 3.05) is 18.1 Å². The van der Waals surface area contributed by atoms with Gasteiger partial charge < -0.3 is 10.0 Å². The number of aliphatic hydroxyl groups is 1. The predicted octanol–water partition coefficient (Wildman–Crippen LogP) is 5.69. The number of nitrogens with zero attached hydrogens (tertiary/aromatic N) is 3. The fraction of sp³-hybridized carbons (Fsp3) is 0.393. The maximum absolute atomic E-state index is 14.2. The van der Waals surface area contributed by atoms with Crippen LogP contribution in [0, 0.1) is 17.7 Å². The van der Waals surface area contributed by atoms with Crippen LogP contribution in [0.15, 0.2) is 54.9 Å². The molecule has 0 bridgehead atoms. The Bertz CT molecular complexity index is 1210. The van der Waals surface area contributed by atoms with Crippen molar-refractivity contribution in [3.05, 3.63) is 71.8 Å². The molecule has 2 aliphatic rings. The number of benzene rings is 2. The summed E-state index contributed by atoms with van der Waals surface area (Å²) in [6.45, 7) is 4.90. The zero-order valence-corrected chi connectivity index (χ0v) is 19.7. The van der Waals surface area contributed by atoms with Crippen LogP contribution in [0.25, 0.3) is 11.1 Å². The highest BCUT2D eigenvalue weighted by molar-refractivity contribution is 5.99. The number of halogens is 1. The smallest absolute Gasteiger partial charge is 0.229 e. The van der Waals surface area contributed by atoms with E-state index >= 15 is 0 Å². The molecular formula is C28H30FN3O2. The average Bonchev–Trinajstić information content (AvgIpc) is 3.58. The van der Waals surface area contributed by atoms with E-state index in [1.165, 1.54) is 11.6 Å². The Morgan fingerprint density at radius 2 is 1.85 bits per heavy atom. The van der Waals surface area contributed by atoms with Crippen molar-refractivity contribution in [3.8, 4) is 11.1 Å². The first kappa shape index (κ1) is 22.7. The number of aliphatic hydroxyl groups excluding tert-OH is 1. The monoisotopic (exact) mass is 459 g/mol. The molecule has 1 fully saturated rings. The largest absolute Gasteiger partial charge is 0.396 e. The topological polar surface area (TPSA) is 66.3 Å². The summed E-state index contributed by atoms with van der Waals surface area (Å²) in [5.41, 5.74) is 4.19. The van der Waals surface area contributed by atoms with E-state index in [2.05, 4.69) is 20.9 Å². The van der Waals surface area contributed by atoms with Crippen molar-refractivity contribution < 1.29 is 14.3 Å². The van der Waals surface area contributed by atoms with Gasteiger partial charge in [-0.15, -0.1) is 0 Å². The van der Waals surface area contributed by atoms with Crippen molar-refractivity contribution in [1.29, 1.82) is 0 Å². The second kappa shape index (κ2) is 8.91. The molecule has 2 unspecified atom stereocenters. The van der Waals surface area contributed by atoms with Gasteiger partial charge in [-0.05, 0) is 49.3 Å². The number of carbonyl (C=O) groups excluding carboxylic acids is 1. The minimum Gasteiger partial charge on any atom is -0.396 e. The molecule has 176 valence electrons. The molecule has 34 heavy (non-hydrogen) atoms. The second-order valence-corrected chi connectivity index (χ2v) is 9.98. The number of ketones is 1. The first-order chi connectivity index (χ1) is 16.4. The highest BCUT2D eigenvalue weighted by Gasteiger charge is 2.52. The van der Waals surface area contributed by atoms with Gasteiger partial charge in [-0.1, -0.05) is 44.2 Å². The van der Waals surface area contributed by atoms with Crippen LogP contribution in [-0.4, -0.2) is 34.0 Å². The molecule has 5 rings (SSSR count). The summed E-state index contributed by atoms with van der Waals surface area (Å²) in [4.78, 5) is 24.4. The van der Waals surface area contributed by atoms with E-state index in [4.69, 9.17) is 0 Å². The van der Waals surface area contributed by atoms with E-state index in [1.54, 1.807) is 30.6 Å². The van der Waals surface area contributed by atoms with E-state index in [1.807, 2.05) is 26.0 Å². The zero-order valence-electron chi connectivity index (χ0n) is 19.7. The fourth-order valence-electron chi connectivity index (χ4n) is 4.92. The van der Waals surface area contributed by atoms with Crippen molar-refractivity contribution in [2.24, 2.45) is 11.8 Å². The third-order valence-corrected chi connectivity index (χ3v) is 7.37. The summed E-state index contributed by atoms with van der Waals surface area (Å²) in [5.74, 6) is 0.492. The van der Waals surface area contributed by atoms with Gasteiger partial charge >= 0.3 is 0 Å². The van der Waals surface area contributed by atoms with E-state index in [-0.39, 0.29) is 35.5 Å². The number of anilines is 2. The standard InChI is InChI=1S/C28H30FN3O2/c1-18(16-33)7-8-19(2)26(34)20-9-10-23-25(13-20)32(17-28(23)11-12-28)27-30-14-21(15-31-27)22-5-3-4-6-24(22)29/h3-6,9-10,13-15,18-19,33H,7-8,11-12,16-17H2,1-2H3. The number of rotatable bonds is 8. The number of aromatic nitrogens is 2. The summed E-state index contributed by atoms with van der Waals surface area (Å²) in [5, 5.41) is 9.28. The highest BCUT2D eigenvalue weighted by Crippen LogP contribution is 2.57. The average molecular weight is 460 g/mol. The molecule has 2 atom stereocenters. The highest BCUT2D eigenvalue weighted by atomic mass is 19.1. The lowest BCUT2D eigenvalue weighted by atomic mass is 9.90. The summed E-state index contributed by atoms with van der Waals surface area (Å²) in [7, 11) is 0. The SMILES string of the molecule is CC(CO)CCC(C)C(=O)c1ccc2c(c1)N(c1ncc(-c3ccccc3F)cn1)CC21CC1. The summed E-state index contributed by atoms with van der Waals surface area (Å²) in [6, 6.07) is 12.7. The van der Waals surface area contributed by atoms with Gasteiger partial charge in [0, 0.05) is 59.3 Å². The molecule has 1 saturated carbocycles. The van der Waals surface area contributed by atoms with Crippen LogP contribution in [0.3, 0.4) is 0 Å². The van der Waals surface area contributed by atoms with E-state index in [0.29, 0.717) is 22.6 Å². The summed E-state index contributed by atoms with van der Waals surface area (Å²) < 4.78 is 14.2. The number of hydrogen-bond donors (Lipinski definition) is 1. The molecule has 6 heteroatoms. The van der Waals surface area contributed by atoms with E-state index < -0.39 is 0 Å². The fourth-order valence-corrected chi connectivity index (χ4v) is 4.92. The Hall–Kier alpha value is -3.12. The van der Waals surface area contributed by atoms with Gasteiger partial charge in [0.2, 0.25) is 5.95 Å². The van der Waals surface area contributed by atoms with Crippen LogP contribution in [0.4, 0.5) is 16.0 Å². The number of Topliss-reactive ketones (excluding diaryl/α,β-unsaturated/α-hetero) is 1. The van der Waals surface area contributed by atoms with Crippen molar-refractivity contribution in [2.45, 2.75) is 44.9 Å². The lowest BCUT2D eigenvalue weighted by molar-refractivity contribution is 0.0916. The lowest BCUT2D eigenvalue weighted by Gasteiger charge is -2.19. The maximum Gasteiger partial charge on any atom is 0.229 e. The van der Waals surface area contributed by atoms with Crippen LogP contribution in [0.1, 0.15) is 55.5 Å². The van der Waals surface area contributed by atoms with Gasteiger partial charge in [0.1, 0.15) is 5.82 Å². The van der Waals surface area contributed by atoms with Gasteiger partial charge in [-0.2, -0.15) is 0 Å². The Morgan fingerprint density at radius 1 is 1.12 bits per heavy atom. The van der Waals surface area contributed by atoms with Gasteiger partial charge in [0.25, 0.3) is 0 Å². The maximum atomic E-state index is 14.2. The van der Waals surface area contributed by atoms with Gasteiger partial charge in [-0.3, -0.25) is 4.79 Å². The Balaban J connectivity index is 1.41. The van der Waals surface area contributed by atoms with E-state index in [9.17, 15) is 14.3 Å². The molecule has 3 aromatic rings. The number of carbonyl (C=O) groups is 1. The Labute approximate surface area is 199 Å². The number of fused-ring (bicyclic) bond motifs is 2. The van der Waals surface area contributed by atoms with Gasteiger partial charge in [0.15, 0.2) is 5.78 Å². The van der Waals surface area contributed by atoms with Crippen molar-refractivity contribution in [3.63, 3.8) is 0 Å². The molecule has 5 nitrogen and oxygen atoms in total. The quantitative estimate of drug-likeness (QED) is 0.438. The molecule has 1 aromatic heterocycles. The molecule has 1 spiro atoms. The Morgan fingerprint density at radius 3 is 2.53 bits per heavy atom. The molecule has 0 amide bonds. The Kier molecular flexibility index (Phi) is 5.94. The molecular weight excluding hydrogens is 429 g/mol. The molecule has 1 N–H and O–H groups in total. The van der Waals surface area contributed by atoms with Crippen LogP contribution in [0.2, 0.25) is 0 Å². The predicted molar refractivity (Wildman–Crippen MR) is 131 cm³/mol. The molecule has 1 aliphatic carbocycles. The molecule has 2 aromatic carbocycles. The minimum atomic E-state index is -0.298. The van der Waals surface area contributed by atoms with Crippen LogP contribution >= 0.6 is 0 Å².